The maximum absolute atomic E-state index is 6.24. The van der Waals surface area contributed by atoms with Gasteiger partial charge in [0.15, 0.2) is 0 Å². The number of hydrogen-bond acceptors (Lipinski definition) is 3. The molecule has 0 amide bonds. The van der Waals surface area contributed by atoms with Crippen LogP contribution in [0, 0.1) is 5.92 Å². The van der Waals surface area contributed by atoms with Crippen LogP contribution in [0.5, 0.6) is 0 Å². The molecule has 1 saturated heterocycles. The lowest BCUT2D eigenvalue weighted by Gasteiger charge is -2.46. The van der Waals surface area contributed by atoms with E-state index in [1.807, 2.05) is 0 Å². The third-order valence-electron chi connectivity index (χ3n) is 5.03. The zero-order valence-electron chi connectivity index (χ0n) is 14.5. The van der Waals surface area contributed by atoms with Crippen LogP contribution in [0.25, 0.3) is 0 Å². The SMILES string of the molecule is CCNC(COC(C)(C)C)C1CCOC2(CCCCC2)C1. The van der Waals surface area contributed by atoms with Crippen molar-refractivity contribution in [1.82, 2.24) is 5.32 Å². The van der Waals surface area contributed by atoms with Crippen molar-refractivity contribution in [3.05, 3.63) is 0 Å². The topological polar surface area (TPSA) is 30.5 Å². The smallest absolute Gasteiger partial charge is 0.0685 e. The summed E-state index contributed by atoms with van der Waals surface area (Å²) in [6.07, 6.45) is 9.00. The molecular weight excluding hydrogens is 262 g/mol. The number of rotatable bonds is 5. The van der Waals surface area contributed by atoms with Crippen molar-refractivity contribution in [3.63, 3.8) is 0 Å². The second-order valence-corrected chi connectivity index (χ2v) is 7.93. The molecule has 2 atom stereocenters. The van der Waals surface area contributed by atoms with Crippen LogP contribution < -0.4 is 5.32 Å². The predicted molar refractivity (Wildman–Crippen MR) is 87.7 cm³/mol. The summed E-state index contributed by atoms with van der Waals surface area (Å²) in [5.41, 5.74) is 0.137. The normalized spacial score (nSPS) is 27.7. The Labute approximate surface area is 131 Å². The first-order valence-electron chi connectivity index (χ1n) is 8.95. The second kappa shape index (κ2) is 7.43. The molecule has 1 aliphatic heterocycles. The summed E-state index contributed by atoms with van der Waals surface area (Å²) in [4.78, 5) is 0. The number of hydrogen-bond donors (Lipinski definition) is 1. The summed E-state index contributed by atoms with van der Waals surface area (Å²) >= 11 is 0. The standard InChI is InChI=1S/C18H35NO2/c1-5-19-16(14-21-17(2,3)4)15-9-12-20-18(13-15)10-7-6-8-11-18/h15-16,19H,5-14H2,1-4H3. The van der Waals surface area contributed by atoms with E-state index in [9.17, 15) is 0 Å². The van der Waals surface area contributed by atoms with Gasteiger partial charge in [-0.1, -0.05) is 26.2 Å². The molecule has 2 fully saturated rings. The molecule has 0 aromatic carbocycles. The van der Waals surface area contributed by atoms with E-state index in [2.05, 4.69) is 33.0 Å². The molecule has 0 aromatic heterocycles. The summed E-state index contributed by atoms with van der Waals surface area (Å²) in [6, 6.07) is 0.469. The van der Waals surface area contributed by atoms with E-state index in [0.29, 0.717) is 12.0 Å². The Morgan fingerprint density at radius 1 is 1.24 bits per heavy atom. The first kappa shape index (κ1) is 17.2. The van der Waals surface area contributed by atoms with Crippen LogP contribution in [0.2, 0.25) is 0 Å². The van der Waals surface area contributed by atoms with E-state index in [4.69, 9.17) is 9.47 Å². The Morgan fingerprint density at radius 2 is 1.95 bits per heavy atom. The largest absolute Gasteiger partial charge is 0.375 e. The number of nitrogens with one attached hydrogen (secondary N) is 1. The van der Waals surface area contributed by atoms with Crippen molar-refractivity contribution < 1.29 is 9.47 Å². The van der Waals surface area contributed by atoms with Crippen LogP contribution in [-0.4, -0.2) is 37.0 Å². The van der Waals surface area contributed by atoms with Gasteiger partial charge in [0.2, 0.25) is 0 Å². The Balaban J connectivity index is 1.95. The van der Waals surface area contributed by atoms with Gasteiger partial charge in [0.1, 0.15) is 0 Å². The molecule has 3 nitrogen and oxygen atoms in total. The Morgan fingerprint density at radius 3 is 2.57 bits per heavy atom. The lowest BCUT2D eigenvalue weighted by Crippen LogP contribution is -2.50. The van der Waals surface area contributed by atoms with Gasteiger partial charge in [-0.05, 0) is 58.9 Å². The molecule has 2 aliphatic rings. The van der Waals surface area contributed by atoms with Gasteiger partial charge in [-0.3, -0.25) is 0 Å². The highest BCUT2D eigenvalue weighted by Crippen LogP contribution is 2.41. The maximum Gasteiger partial charge on any atom is 0.0685 e. The molecule has 2 rings (SSSR count). The molecule has 1 N–H and O–H groups in total. The molecule has 1 aliphatic carbocycles. The fourth-order valence-corrected chi connectivity index (χ4v) is 3.92. The van der Waals surface area contributed by atoms with Crippen molar-refractivity contribution in [2.75, 3.05) is 19.8 Å². The molecule has 21 heavy (non-hydrogen) atoms. The van der Waals surface area contributed by atoms with Crippen molar-refractivity contribution in [3.8, 4) is 0 Å². The summed E-state index contributed by atoms with van der Waals surface area (Å²) in [6.45, 7) is 11.4. The lowest BCUT2D eigenvalue weighted by molar-refractivity contribution is -0.127. The first-order valence-corrected chi connectivity index (χ1v) is 8.95. The summed E-state index contributed by atoms with van der Waals surface area (Å²) in [5, 5.41) is 3.67. The fraction of sp³-hybridized carbons (Fsp3) is 1.00. The Hall–Kier alpha value is -0.120. The average Bonchev–Trinajstić information content (AvgIpc) is 2.43. The van der Waals surface area contributed by atoms with E-state index in [-0.39, 0.29) is 11.2 Å². The van der Waals surface area contributed by atoms with Crippen LogP contribution >= 0.6 is 0 Å². The summed E-state index contributed by atoms with van der Waals surface area (Å²) in [7, 11) is 0. The summed E-state index contributed by atoms with van der Waals surface area (Å²) in [5.74, 6) is 0.694. The van der Waals surface area contributed by atoms with Crippen molar-refractivity contribution in [1.29, 1.82) is 0 Å². The molecule has 0 bridgehead atoms. The third kappa shape index (κ3) is 5.22. The second-order valence-electron chi connectivity index (χ2n) is 7.93. The minimum atomic E-state index is -0.0542. The van der Waals surface area contributed by atoms with E-state index < -0.39 is 0 Å². The summed E-state index contributed by atoms with van der Waals surface area (Å²) < 4.78 is 12.3. The van der Waals surface area contributed by atoms with Gasteiger partial charge in [-0.25, -0.2) is 0 Å². The van der Waals surface area contributed by atoms with Crippen molar-refractivity contribution in [2.45, 2.75) is 89.9 Å². The zero-order valence-corrected chi connectivity index (χ0v) is 14.5. The van der Waals surface area contributed by atoms with E-state index >= 15 is 0 Å². The van der Waals surface area contributed by atoms with Gasteiger partial charge < -0.3 is 14.8 Å². The Bertz CT molecular complexity index is 299. The van der Waals surface area contributed by atoms with Gasteiger partial charge >= 0.3 is 0 Å². The van der Waals surface area contributed by atoms with Crippen LogP contribution in [0.1, 0.15) is 72.6 Å². The number of likely N-dealkylation sites (N-methyl/N-ethyl adjacent to an activating group) is 1. The molecule has 1 saturated carbocycles. The highest BCUT2D eigenvalue weighted by atomic mass is 16.5. The van der Waals surface area contributed by atoms with Crippen LogP contribution in [0.4, 0.5) is 0 Å². The highest BCUT2D eigenvalue weighted by Gasteiger charge is 2.40. The minimum Gasteiger partial charge on any atom is -0.375 e. The maximum atomic E-state index is 6.24. The van der Waals surface area contributed by atoms with Gasteiger partial charge in [-0.2, -0.15) is 0 Å². The average molecular weight is 297 g/mol. The van der Waals surface area contributed by atoms with E-state index in [1.165, 1.54) is 44.9 Å². The molecule has 1 heterocycles. The molecule has 1 spiro atoms. The van der Waals surface area contributed by atoms with Gasteiger partial charge in [0.05, 0.1) is 17.8 Å². The minimum absolute atomic E-state index is 0.0542. The Kier molecular flexibility index (Phi) is 6.10. The third-order valence-corrected chi connectivity index (χ3v) is 5.03. The van der Waals surface area contributed by atoms with E-state index in [1.54, 1.807) is 0 Å². The van der Waals surface area contributed by atoms with Crippen LogP contribution in [-0.2, 0) is 9.47 Å². The molecule has 0 aromatic rings. The van der Waals surface area contributed by atoms with Crippen molar-refractivity contribution >= 4 is 0 Å². The van der Waals surface area contributed by atoms with Gasteiger partial charge in [0, 0.05) is 12.6 Å². The van der Waals surface area contributed by atoms with Gasteiger partial charge in [0.25, 0.3) is 0 Å². The molecular formula is C18H35NO2. The van der Waals surface area contributed by atoms with Crippen LogP contribution in [0.15, 0.2) is 0 Å². The van der Waals surface area contributed by atoms with Gasteiger partial charge in [-0.15, -0.1) is 0 Å². The van der Waals surface area contributed by atoms with E-state index in [0.717, 1.165) is 19.8 Å². The van der Waals surface area contributed by atoms with Crippen LogP contribution in [0.3, 0.4) is 0 Å². The number of ether oxygens (including phenoxy) is 2. The van der Waals surface area contributed by atoms with Crippen molar-refractivity contribution in [2.24, 2.45) is 5.92 Å². The lowest BCUT2D eigenvalue weighted by atomic mass is 9.74. The highest BCUT2D eigenvalue weighted by molar-refractivity contribution is 4.93. The quantitative estimate of drug-likeness (QED) is 0.834. The zero-order chi connectivity index (χ0) is 15.3. The monoisotopic (exact) mass is 297 g/mol. The predicted octanol–water partition coefficient (Wildman–Crippen LogP) is 3.91. The molecule has 124 valence electrons. The fourth-order valence-electron chi connectivity index (χ4n) is 3.92. The molecule has 3 heteroatoms. The molecule has 0 radical (unpaired) electrons. The first-order chi connectivity index (χ1) is 9.94. The molecule has 2 unspecified atom stereocenters.